The summed E-state index contributed by atoms with van der Waals surface area (Å²) in [6.07, 6.45) is 4.86. The van der Waals surface area contributed by atoms with Gasteiger partial charge in [0.15, 0.2) is 0 Å². The van der Waals surface area contributed by atoms with Crippen LogP contribution in [0.15, 0.2) is 12.1 Å². The Morgan fingerprint density at radius 2 is 2.06 bits per heavy atom. The minimum absolute atomic E-state index is 0.931. The third-order valence-corrected chi connectivity index (χ3v) is 3.24. The Bertz CT molecular complexity index is 332. The number of anilines is 1. The van der Waals surface area contributed by atoms with Crippen molar-refractivity contribution in [3.63, 3.8) is 0 Å². The molecule has 0 saturated carbocycles. The van der Waals surface area contributed by atoms with Gasteiger partial charge in [0.1, 0.15) is 5.82 Å². The second-order valence-corrected chi connectivity index (χ2v) is 4.80. The Labute approximate surface area is 104 Å². The van der Waals surface area contributed by atoms with E-state index in [0.29, 0.717) is 0 Å². The van der Waals surface area contributed by atoms with Gasteiger partial charge in [-0.1, -0.05) is 13.3 Å². The molecule has 0 spiro atoms. The fourth-order valence-corrected chi connectivity index (χ4v) is 2.43. The molecule has 3 nitrogen and oxygen atoms in total. The fraction of sp³-hybridized carbons (Fsp3) is 0.643. The van der Waals surface area contributed by atoms with Crippen LogP contribution >= 0.6 is 0 Å². The molecule has 1 fully saturated rings. The Morgan fingerprint density at radius 1 is 1.29 bits per heavy atom. The number of nitrogens with one attached hydrogen (secondary N) is 1. The summed E-state index contributed by atoms with van der Waals surface area (Å²) in [5.74, 6) is 1.18. The molecule has 3 heteroatoms. The lowest BCUT2D eigenvalue weighted by Gasteiger charge is -2.18. The minimum atomic E-state index is 0.931. The SMILES string of the molecule is CCCc1cc(CNC)cc(N2CCCC2)n1. The molecule has 0 radical (unpaired) electrons. The summed E-state index contributed by atoms with van der Waals surface area (Å²) in [5, 5.41) is 3.22. The maximum Gasteiger partial charge on any atom is 0.129 e. The van der Waals surface area contributed by atoms with Crippen LogP contribution in [0, 0.1) is 0 Å². The first-order chi connectivity index (χ1) is 8.33. The van der Waals surface area contributed by atoms with Crippen molar-refractivity contribution < 1.29 is 0 Å². The average Bonchev–Trinajstić information content (AvgIpc) is 2.83. The molecule has 1 aromatic heterocycles. The lowest BCUT2D eigenvalue weighted by molar-refractivity contribution is 0.799. The highest BCUT2D eigenvalue weighted by Crippen LogP contribution is 2.20. The second kappa shape index (κ2) is 6.01. The zero-order valence-electron chi connectivity index (χ0n) is 11.0. The molecule has 1 N–H and O–H groups in total. The topological polar surface area (TPSA) is 28.2 Å². The summed E-state index contributed by atoms with van der Waals surface area (Å²) in [6.45, 7) is 5.48. The zero-order chi connectivity index (χ0) is 12.1. The van der Waals surface area contributed by atoms with Crippen molar-refractivity contribution in [2.45, 2.75) is 39.2 Å². The van der Waals surface area contributed by atoms with Gasteiger partial charge in [-0.25, -0.2) is 4.98 Å². The molecule has 0 unspecified atom stereocenters. The normalized spacial score (nSPS) is 15.5. The molecule has 1 aromatic rings. The Kier molecular flexibility index (Phi) is 4.37. The molecule has 2 heterocycles. The van der Waals surface area contributed by atoms with Gasteiger partial charge in [-0.15, -0.1) is 0 Å². The van der Waals surface area contributed by atoms with Crippen LogP contribution in [-0.4, -0.2) is 25.1 Å². The number of aryl methyl sites for hydroxylation is 1. The van der Waals surface area contributed by atoms with Crippen LogP contribution in [0.2, 0.25) is 0 Å². The van der Waals surface area contributed by atoms with E-state index in [2.05, 4.69) is 29.3 Å². The van der Waals surface area contributed by atoms with E-state index in [4.69, 9.17) is 4.98 Å². The quantitative estimate of drug-likeness (QED) is 0.846. The van der Waals surface area contributed by atoms with Crippen LogP contribution in [0.4, 0.5) is 5.82 Å². The molecule has 94 valence electrons. The second-order valence-electron chi connectivity index (χ2n) is 4.80. The van der Waals surface area contributed by atoms with Gasteiger partial charge in [-0.3, -0.25) is 0 Å². The number of hydrogen-bond donors (Lipinski definition) is 1. The van der Waals surface area contributed by atoms with E-state index < -0.39 is 0 Å². The highest BCUT2D eigenvalue weighted by Gasteiger charge is 2.14. The van der Waals surface area contributed by atoms with Crippen molar-refractivity contribution in [1.82, 2.24) is 10.3 Å². The third kappa shape index (κ3) is 3.19. The van der Waals surface area contributed by atoms with E-state index in [1.165, 1.54) is 43.0 Å². The standard InChI is InChI=1S/C14H23N3/c1-3-6-13-9-12(11-15-2)10-14(16-13)17-7-4-5-8-17/h9-10,15H,3-8,11H2,1-2H3. The van der Waals surface area contributed by atoms with Gasteiger partial charge in [0, 0.05) is 25.3 Å². The summed E-state index contributed by atoms with van der Waals surface area (Å²) in [5.41, 5.74) is 2.59. The Morgan fingerprint density at radius 3 is 2.71 bits per heavy atom. The van der Waals surface area contributed by atoms with E-state index in [1.54, 1.807) is 0 Å². The number of pyridine rings is 1. The first kappa shape index (κ1) is 12.4. The number of hydrogen-bond acceptors (Lipinski definition) is 3. The Hall–Kier alpha value is -1.09. The van der Waals surface area contributed by atoms with Crippen molar-refractivity contribution in [2.75, 3.05) is 25.0 Å². The van der Waals surface area contributed by atoms with Crippen molar-refractivity contribution in [2.24, 2.45) is 0 Å². The molecule has 1 aliphatic rings. The van der Waals surface area contributed by atoms with Crippen LogP contribution in [0.5, 0.6) is 0 Å². The monoisotopic (exact) mass is 233 g/mol. The average molecular weight is 233 g/mol. The van der Waals surface area contributed by atoms with Crippen LogP contribution in [0.1, 0.15) is 37.4 Å². The molecule has 0 atom stereocenters. The van der Waals surface area contributed by atoms with Crippen molar-refractivity contribution in [3.05, 3.63) is 23.4 Å². The highest BCUT2D eigenvalue weighted by molar-refractivity contribution is 5.43. The van der Waals surface area contributed by atoms with Crippen molar-refractivity contribution in [1.29, 1.82) is 0 Å². The van der Waals surface area contributed by atoms with E-state index in [9.17, 15) is 0 Å². The molecule has 0 bridgehead atoms. The van der Waals surface area contributed by atoms with Gasteiger partial charge < -0.3 is 10.2 Å². The molecular formula is C14H23N3. The van der Waals surface area contributed by atoms with Gasteiger partial charge in [0.25, 0.3) is 0 Å². The molecule has 17 heavy (non-hydrogen) atoms. The summed E-state index contributed by atoms with van der Waals surface area (Å²) >= 11 is 0. The lowest BCUT2D eigenvalue weighted by atomic mass is 10.1. The molecule has 0 aliphatic carbocycles. The fourth-order valence-electron chi connectivity index (χ4n) is 2.43. The zero-order valence-corrected chi connectivity index (χ0v) is 11.0. The summed E-state index contributed by atoms with van der Waals surface area (Å²) in [6, 6.07) is 4.47. The maximum atomic E-state index is 4.79. The largest absolute Gasteiger partial charge is 0.357 e. The maximum absolute atomic E-state index is 4.79. The van der Waals surface area contributed by atoms with Gasteiger partial charge in [-0.2, -0.15) is 0 Å². The van der Waals surface area contributed by atoms with Crippen LogP contribution in [0.3, 0.4) is 0 Å². The summed E-state index contributed by atoms with van der Waals surface area (Å²) < 4.78 is 0. The predicted molar refractivity (Wildman–Crippen MR) is 72.4 cm³/mol. The summed E-state index contributed by atoms with van der Waals surface area (Å²) in [4.78, 5) is 7.20. The predicted octanol–water partition coefficient (Wildman–Crippen LogP) is 2.35. The number of aromatic nitrogens is 1. The van der Waals surface area contributed by atoms with Gasteiger partial charge in [0.05, 0.1) is 0 Å². The Balaban J connectivity index is 2.22. The first-order valence-corrected chi connectivity index (χ1v) is 6.73. The van der Waals surface area contributed by atoms with Crippen LogP contribution in [0.25, 0.3) is 0 Å². The van der Waals surface area contributed by atoms with E-state index in [-0.39, 0.29) is 0 Å². The molecule has 0 aromatic carbocycles. The minimum Gasteiger partial charge on any atom is -0.357 e. The number of rotatable bonds is 5. The molecular weight excluding hydrogens is 210 g/mol. The van der Waals surface area contributed by atoms with Crippen LogP contribution < -0.4 is 10.2 Å². The van der Waals surface area contributed by atoms with E-state index in [1.807, 2.05) is 7.05 Å². The molecule has 1 saturated heterocycles. The molecule has 1 aliphatic heterocycles. The molecule has 0 amide bonds. The number of nitrogens with zero attached hydrogens (tertiary/aromatic N) is 2. The van der Waals surface area contributed by atoms with E-state index >= 15 is 0 Å². The van der Waals surface area contributed by atoms with Crippen LogP contribution in [-0.2, 0) is 13.0 Å². The van der Waals surface area contributed by atoms with E-state index in [0.717, 1.165) is 19.4 Å². The van der Waals surface area contributed by atoms with Gasteiger partial charge >= 0.3 is 0 Å². The van der Waals surface area contributed by atoms with Crippen molar-refractivity contribution >= 4 is 5.82 Å². The highest BCUT2D eigenvalue weighted by atomic mass is 15.2. The third-order valence-electron chi connectivity index (χ3n) is 3.24. The smallest absolute Gasteiger partial charge is 0.129 e. The van der Waals surface area contributed by atoms with Gasteiger partial charge in [-0.05, 0) is 44.0 Å². The molecule has 2 rings (SSSR count). The summed E-state index contributed by atoms with van der Waals surface area (Å²) in [7, 11) is 2.00. The first-order valence-electron chi connectivity index (χ1n) is 6.73. The van der Waals surface area contributed by atoms with Crippen molar-refractivity contribution in [3.8, 4) is 0 Å². The van der Waals surface area contributed by atoms with Gasteiger partial charge in [0.2, 0.25) is 0 Å². The lowest BCUT2D eigenvalue weighted by Crippen LogP contribution is -2.20.